The van der Waals surface area contributed by atoms with Crippen molar-refractivity contribution in [2.75, 3.05) is 25.0 Å². The maximum atomic E-state index is 13.1. The summed E-state index contributed by atoms with van der Waals surface area (Å²) in [6.45, 7) is 6.72. The van der Waals surface area contributed by atoms with Crippen LogP contribution in [0, 0.1) is 11.8 Å². The Morgan fingerprint density at radius 1 is 1.13 bits per heavy atom. The average Bonchev–Trinajstić information content (AvgIpc) is 3.29. The topological polar surface area (TPSA) is 41.6 Å². The number of fused-ring (bicyclic) bond motifs is 3. The minimum Gasteiger partial charge on any atom is -0.494 e. The third-order valence-electron chi connectivity index (χ3n) is 7.23. The lowest BCUT2D eigenvalue weighted by atomic mass is 9.76. The van der Waals surface area contributed by atoms with E-state index in [1.165, 1.54) is 11.1 Å². The lowest BCUT2D eigenvalue weighted by molar-refractivity contribution is 0.0697. The van der Waals surface area contributed by atoms with Crippen molar-refractivity contribution in [3.8, 4) is 5.75 Å². The number of ether oxygens (including phenoxy) is 1. The summed E-state index contributed by atoms with van der Waals surface area (Å²) in [6.07, 6.45) is 7.90. The molecular formula is C27H32N2O2. The van der Waals surface area contributed by atoms with Crippen molar-refractivity contribution in [2.24, 2.45) is 11.8 Å². The highest BCUT2D eigenvalue weighted by Crippen LogP contribution is 2.50. The SMILES string of the molecule is CCOc1ccc(C2Nc3ccc(C(=O)N4CCC(C)CC4)cc3C3C=CCC32)cc1. The number of anilines is 1. The highest BCUT2D eigenvalue weighted by molar-refractivity contribution is 5.95. The molecule has 31 heavy (non-hydrogen) atoms. The molecule has 3 aliphatic rings. The van der Waals surface area contributed by atoms with Gasteiger partial charge in [0.15, 0.2) is 0 Å². The summed E-state index contributed by atoms with van der Waals surface area (Å²) < 4.78 is 5.61. The van der Waals surface area contributed by atoms with E-state index in [4.69, 9.17) is 4.74 Å². The van der Waals surface area contributed by atoms with E-state index in [0.717, 1.165) is 55.3 Å². The van der Waals surface area contributed by atoms with Gasteiger partial charge >= 0.3 is 0 Å². The van der Waals surface area contributed by atoms with Crippen LogP contribution in [0.15, 0.2) is 54.6 Å². The summed E-state index contributed by atoms with van der Waals surface area (Å²) >= 11 is 0. The minimum absolute atomic E-state index is 0.182. The molecule has 3 unspecified atom stereocenters. The fourth-order valence-electron chi connectivity index (χ4n) is 5.39. The first-order chi connectivity index (χ1) is 15.1. The quantitative estimate of drug-likeness (QED) is 0.642. The van der Waals surface area contributed by atoms with Crippen molar-refractivity contribution >= 4 is 11.6 Å². The van der Waals surface area contributed by atoms with Gasteiger partial charge in [0.2, 0.25) is 0 Å². The summed E-state index contributed by atoms with van der Waals surface area (Å²) in [6, 6.07) is 15.0. The third-order valence-corrected chi connectivity index (χ3v) is 7.23. The van der Waals surface area contributed by atoms with E-state index in [1.807, 2.05) is 17.9 Å². The molecule has 3 atom stereocenters. The zero-order valence-electron chi connectivity index (χ0n) is 18.5. The fraction of sp³-hybridized carbons (Fsp3) is 0.444. The summed E-state index contributed by atoms with van der Waals surface area (Å²) in [5.74, 6) is 2.63. The third kappa shape index (κ3) is 3.84. The Kier molecular flexibility index (Phi) is 5.47. The van der Waals surface area contributed by atoms with E-state index in [1.54, 1.807) is 0 Å². The van der Waals surface area contributed by atoms with Crippen molar-refractivity contribution in [3.63, 3.8) is 0 Å². The number of nitrogens with zero attached hydrogens (tertiary/aromatic N) is 1. The first kappa shape index (κ1) is 20.2. The van der Waals surface area contributed by atoms with E-state index in [9.17, 15) is 4.79 Å². The van der Waals surface area contributed by atoms with Crippen LogP contribution in [0.2, 0.25) is 0 Å². The minimum atomic E-state index is 0.182. The zero-order valence-corrected chi connectivity index (χ0v) is 18.5. The van der Waals surface area contributed by atoms with E-state index < -0.39 is 0 Å². The molecular weight excluding hydrogens is 384 g/mol. The van der Waals surface area contributed by atoms with Gasteiger partial charge in [0.1, 0.15) is 5.75 Å². The monoisotopic (exact) mass is 416 g/mol. The lowest BCUT2D eigenvalue weighted by Gasteiger charge is -2.38. The Morgan fingerprint density at radius 2 is 1.90 bits per heavy atom. The molecule has 0 saturated carbocycles. The molecule has 5 rings (SSSR count). The highest BCUT2D eigenvalue weighted by Gasteiger charge is 2.38. The number of nitrogens with one attached hydrogen (secondary N) is 1. The largest absolute Gasteiger partial charge is 0.494 e. The molecule has 0 aromatic heterocycles. The normalized spacial score (nSPS) is 25.0. The Bertz CT molecular complexity index is 973. The number of carbonyl (C=O) groups is 1. The van der Waals surface area contributed by atoms with Gasteiger partial charge in [-0.05, 0) is 79.5 Å². The number of allylic oxidation sites excluding steroid dienone is 2. The molecule has 1 aliphatic carbocycles. The molecule has 0 bridgehead atoms. The second kappa shape index (κ2) is 8.41. The van der Waals surface area contributed by atoms with Gasteiger partial charge in [-0.2, -0.15) is 0 Å². The molecule has 0 spiro atoms. The van der Waals surface area contributed by atoms with Crippen LogP contribution in [0.1, 0.15) is 66.6 Å². The Morgan fingerprint density at radius 3 is 2.65 bits per heavy atom. The van der Waals surface area contributed by atoms with Gasteiger partial charge in [0.05, 0.1) is 12.6 Å². The second-order valence-corrected chi connectivity index (χ2v) is 9.25. The molecule has 162 valence electrons. The summed E-state index contributed by atoms with van der Waals surface area (Å²) in [5.41, 5.74) is 4.52. The number of likely N-dealkylation sites (tertiary alicyclic amines) is 1. The van der Waals surface area contributed by atoms with Crippen LogP contribution in [-0.2, 0) is 0 Å². The standard InChI is InChI=1S/C27H32N2O2/c1-3-31-21-10-7-19(8-11-21)26-23-6-4-5-22(23)24-17-20(9-12-25(24)28-26)27(30)29-15-13-18(2)14-16-29/h4-5,7-12,17-18,22-23,26,28H,3,6,13-16H2,1-2H3. The number of piperidine rings is 1. The number of hydrogen-bond acceptors (Lipinski definition) is 3. The molecule has 1 fully saturated rings. The molecule has 1 N–H and O–H groups in total. The van der Waals surface area contributed by atoms with Crippen LogP contribution in [0.5, 0.6) is 5.75 Å². The predicted octanol–water partition coefficient (Wildman–Crippen LogP) is 5.78. The van der Waals surface area contributed by atoms with Crippen LogP contribution in [0.25, 0.3) is 0 Å². The van der Waals surface area contributed by atoms with Gasteiger partial charge in [-0.3, -0.25) is 4.79 Å². The van der Waals surface area contributed by atoms with Crippen molar-refractivity contribution < 1.29 is 9.53 Å². The lowest BCUT2D eigenvalue weighted by Crippen LogP contribution is -2.38. The zero-order chi connectivity index (χ0) is 21.4. The van der Waals surface area contributed by atoms with Crippen LogP contribution in [-0.4, -0.2) is 30.5 Å². The number of amides is 1. The Labute approximate surface area is 185 Å². The first-order valence-electron chi connectivity index (χ1n) is 11.7. The molecule has 1 amide bonds. The van der Waals surface area contributed by atoms with Gasteiger partial charge in [-0.1, -0.05) is 31.2 Å². The van der Waals surface area contributed by atoms with Crippen molar-refractivity contribution in [3.05, 3.63) is 71.3 Å². The van der Waals surface area contributed by atoms with E-state index >= 15 is 0 Å². The van der Waals surface area contributed by atoms with Gasteiger partial charge < -0.3 is 15.0 Å². The van der Waals surface area contributed by atoms with E-state index in [0.29, 0.717) is 18.4 Å². The molecule has 2 heterocycles. The predicted molar refractivity (Wildman–Crippen MR) is 125 cm³/mol. The number of benzene rings is 2. The van der Waals surface area contributed by atoms with Gasteiger partial charge in [0, 0.05) is 30.3 Å². The van der Waals surface area contributed by atoms with Crippen LogP contribution < -0.4 is 10.1 Å². The van der Waals surface area contributed by atoms with Gasteiger partial charge in [-0.25, -0.2) is 0 Å². The molecule has 0 radical (unpaired) electrons. The molecule has 4 nitrogen and oxygen atoms in total. The first-order valence-corrected chi connectivity index (χ1v) is 11.7. The Balaban J connectivity index is 1.40. The van der Waals surface area contributed by atoms with Gasteiger partial charge in [0.25, 0.3) is 5.91 Å². The van der Waals surface area contributed by atoms with E-state index in [-0.39, 0.29) is 11.9 Å². The maximum absolute atomic E-state index is 13.1. The van der Waals surface area contributed by atoms with Crippen LogP contribution in [0.3, 0.4) is 0 Å². The molecule has 2 aliphatic heterocycles. The summed E-state index contributed by atoms with van der Waals surface area (Å²) in [4.78, 5) is 15.2. The molecule has 2 aromatic carbocycles. The molecule has 2 aromatic rings. The van der Waals surface area contributed by atoms with Crippen molar-refractivity contribution in [1.29, 1.82) is 0 Å². The summed E-state index contributed by atoms with van der Waals surface area (Å²) in [7, 11) is 0. The number of carbonyl (C=O) groups excluding carboxylic acids is 1. The molecule has 1 saturated heterocycles. The average molecular weight is 417 g/mol. The van der Waals surface area contributed by atoms with Crippen LogP contribution >= 0.6 is 0 Å². The molecule has 4 heteroatoms. The second-order valence-electron chi connectivity index (χ2n) is 9.25. The number of hydrogen-bond donors (Lipinski definition) is 1. The van der Waals surface area contributed by atoms with Crippen LogP contribution in [0.4, 0.5) is 5.69 Å². The van der Waals surface area contributed by atoms with E-state index in [2.05, 4.69) is 60.8 Å². The smallest absolute Gasteiger partial charge is 0.253 e. The Hall–Kier alpha value is -2.75. The highest BCUT2D eigenvalue weighted by atomic mass is 16.5. The number of rotatable bonds is 4. The fourth-order valence-corrected chi connectivity index (χ4v) is 5.39. The van der Waals surface area contributed by atoms with Crippen molar-refractivity contribution in [2.45, 2.75) is 45.1 Å². The summed E-state index contributed by atoms with van der Waals surface area (Å²) in [5, 5.41) is 3.78. The maximum Gasteiger partial charge on any atom is 0.253 e. The van der Waals surface area contributed by atoms with Crippen molar-refractivity contribution in [1.82, 2.24) is 4.90 Å². The van der Waals surface area contributed by atoms with Gasteiger partial charge in [-0.15, -0.1) is 0 Å².